The summed E-state index contributed by atoms with van der Waals surface area (Å²) in [6, 6.07) is 60.3. The largest absolute Gasteiger partial charge is 0.336 e. The number of carbonyl (C=O) groups is 1. The van der Waals surface area contributed by atoms with E-state index >= 15 is 0 Å². The Labute approximate surface area is 373 Å². The van der Waals surface area contributed by atoms with Crippen molar-refractivity contribution in [1.82, 2.24) is 0 Å². The molecule has 0 unspecified atom stereocenters. The van der Waals surface area contributed by atoms with Crippen LogP contribution in [0.5, 0.6) is 0 Å². The molecule has 8 aromatic rings. The highest BCUT2D eigenvalue weighted by molar-refractivity contribution is 6.23. The fourth-order valence-electron chi connectivity index (χ4n) is 11.1. The number of nitrogens with zero attached hydrogens (tertiary/aromatic N) is 4. The number of hydrogen-bond acceptors (Lipinski definition) is 5. The molecule has 0 radical (unpaired) electrons. The van der Waals surface area contributed by atoms with E-state index in [1.54, 1.807) is 0 Å². The van der Waals surface area contributed by atoms with Crippen molar-refractivity contribution in [2.45, 2.75) is 51.6 Å². The smallest absolute Gasteiger partial charge is 0.194 e. The SMILES string of the molecule is CC1(C)c2ccccc2N2Cc3cc4c(cc3-c3ccc(C#N)cc3)C(=O)c3cc(-c5ccc(C#N)cc5)c(cc3-4)CN3c4ccccc4C(C)(C)c4ccc(cc43)-c3ccc1c2c3. The summed E-state index contributed by atoms with van der Waals surface area (Å²) >= 11 is 0. The maximum absolute atomic E-state index is 15.0. The number of anilines is 4. The monoisotopic (exact) mass is 822 g/mol. The molecule has 0 aromatic heterocycles. The van der Waals surface area contributed by atoms with Gasteiger partial charge in [0, 0.05) is 57.8 Å². The fourth-order valence-corrected chi connectivity index (χ4v) is 11.1. The summed E-state index contributed by atoms with van der Waals surface area (Å²) in [5.74, 6) is -0.00841. The molecule has 0 fully saturated rings. The van der Waals surface area contributed by atoms with E-state index in [1.165, 1.54) is 22.3 Å². The van der Waals surface area contributed by atoms with Crippen molar-refractivity contribution in [1.29, 1.82) is 10.5 Å². The van der Waals surface area contributed by atoms with Crippen LogP contribution in [0.1, 0.15) is 88.1 Å². The molecule has 8 aromatic carbocycles. The van der Waals surface area contributed by atoms with Gasteiger partial charge in [-0.2, -0.15) is 10.5 Å². The average molecular weight is 823 g/mol. The van der Waals surface area contributed by atoms with Crippen molar-refractivity contribution in [3.63, 3.8) is 0 Å². The first-order chi connectivity index (χ1) is 31.0. The van der Waals surface area contributed by atoms with Gasteiger partial charge in [0.05, 0.1) is 23.3 Å². The van der Waals surface area contributed by atoms with Crippen LogP contribution >= 0.6 is 0 Å². The lowest BCUT2D eigenvalue weighted by Crippen LogP contribution is -2.33. The van der Waals surface area contributed by atoms with E-state index in [-0.39, 0.29) is 16.6 Å². The molecule has 304 valence electrons. The molecule has 0 amide bonds. The number of nitriles is 2. The van der Waals surface area contributed by atoms with Crippen LogP contribution in [-0.4, -0.2) is 5.78 Å². The number of hydrogen-bond donors (Lipinski definition) is 0. The molecule has 12 rings (SSSR count). The Morgan fingerprint density at radius 2 is 0.781 bits per heavy atom. The molecule has 0 saturated heterocycles. The number of para-hydroxylation sites is 2. The molecule has 3 heterocycles. The number of fused-ring (bicyclic) bond motifs is 9. The van der Waals surface area contributed by atoms with Crippen molar-refractivity contribution in [3.05, 3.63) is 213 Å². The lowest BCUT2D eigenvalue weighted by atomic mass is 9.72. The van der Waals surface area contributed by atoms with Crippen molar-refractivity contribution >= 4 is 28.5 Å². The van der Waals surface area contributed by atoms with Gasteiger partial charge in [-0.05, 0) is 151 Å². The standard InChI is InChI=1S/C59H42N4O/c1-58(2)49-9-5-7-11-53(49)62-33-41-25-45-46-26-42(34-63-54-12-8-6-10-50(54)59(3,4)52-24-22-40(28-56(52)63)39-21-23-51(58)55(62)27-39)44(38-19-15-36(32-61)16-20-38)30-48(46)57(64)47(45)29-43(41)37-17-13-35(31-60)14-18-37/h5-30H,33-34H2,1-4H3. The van der Waals surface area contributed by atoms with Gasteiger partial charge in [-0.3, -0.25) is 4.79 Å². The highest BCUT2D eigenvalue weighted by Crippen LogP contribution is 2.54. The molecular weight excluding hydrogens is 781 g/mol. The van der Waals surface area contributed by atoms with Crippen LogP contribution in [0.2, 0.25) is 0 Å². The normalized spacial score (nSPS) is 15.2. The molecule has 4 aliphatic rings. The maximum Gasteiger partial charge on any atom is 0.194 e. The van der Waals surface area contributed by atoms with Crippen LogP contribution in [-0.2, 0) is 23.9 Å². The first kappa shape index (κ1) is 37.7. The van der Waals surface area contributed by atoms with Gasteiger partial charge in [0.15, 0.2) is 5.78 Å². The van der Waals surface area contributed by atoms with E-state index in [2.05, 4.69) is 159 Å². The van der Waals surface area contributed by atoms with Gasteiger partial charge in [0.2, 0.25) is 0 Å². The van der Waals surface area contributed by atoms with Crippen LogP contribution in [0.4, 0.5) is 22.7 Å². The minimum atomic E-state index is -0.259. The zero-order valence-electron chi connectivity index (χ0n) is 36.1. The van der Waals surface area contributed by atoms with Crippen LogP contribution < -0.4 is 9.80 Å². The zero-order valence-corrected chi connectivity index (χ0v) is 36.1. The van der Waals surface area contributed by atoms with Crippen molar-refractivity contribution < 1.29 is 4.79 Å². The van der Waals surface area contributed by atoms with E-state index < -0.39 is 0 Å². The van der Waals surface area contributed by atoms with Crippen molar-refractivity contribution in [2.24, 2.45) is 0 Å². The van der Waals surface area contributed by atoms with Gasteiger partial charge in [0.25, 0.3) is 0 Å². The second-order valence-corrected chi connectivity index (χ2v) is 18.7. The molecular formula is C59H42N4O. The summed E-state index contributed by atoms with van der Waals surface area (Å²) in [5, 5.41) is 19.5. The van der Waals surface area contributed by atoms with Crippen molar-refractivity contribution in [2.75, 3.05) is 9.80 Å². The van der Waals surface area contributed by atoms with E-state index in [0.717, 1.165) is 78.4 Å². The summed E-state index contributed by atoms with van der Waals surface area (Å²) < 4.78 is 0. The Morgan fingerprint density at radius 1 is 0.406 bits per heavy atom. The third-order valence-electron chi connectivity index (χ3n) is 14.6. The van der Waals surface area contributed by atoms with E-state index in [0.29, 0.717) is 35.3 Å². The molecule has 0 spiro atoms. The lowest BCUT2D eigenvalue weighted by Gasteiger charge is -2.43. The quantitative estimate of drug-likeness (QED) is 0.174. The molecule has 64 heavy (non-hydrogen) atoms. The summed E-state index contributed by atoms with van der Waals surface area (Å²) in [6.45, 7) is 10.4. The molecule has 0 N–H and O–H groups in total. The first-order valence-electron chi connectivity index (χ1n) is 22.0. The second-order valence-electron chi connectivity index (χ2n) is 18.7. The van der Waals surface area contributed by atoms with Crippen LogP contribution in [0.3, 0.4) is 0 Å². The van der Waals surface area contributed by atoms with Gasteiger partial charge in [-0.25, -0.2) is 0 Å². The Balaban J connectivity index is 1.18. The second kappa shape index (κ2) is 13.5. The van der Waals surface area contributed by atoms with E-state index in [9.17, 15) is 15.3 Å². The maximum atomic E-state index is 15.0. The summed E-state index contributed by atoms with van der Waals surface area (Å²) in [7, 11) is 0. The molecule has 1 aliphatic carbocycles. The van der Waals surface area contributed by atoms with Gasteiger partial charge in [-0.15, -0.1) is 0 Å². The zero-order chi connectivity index (χ0) is 43.6. The molecule has 8 bridgehead atoms. The van der Waals surface area contributed by atoms with Crippen LogP contribution in [0, 0.1) is 22.7 Å². The number of rotatable bonds is 2. The van der Waals surface area contributed by atoms with Crippen LogP contribution in [0.15, 0.2) is 158 Å². The predicted molar refractivity (Wildman–Crippen MR) is 256 cm³/mol. The van der Waals surface area contributed by atoms with Gasteiger partial charge >= 0.3 is 0 Å². The van der Waals surface area contributed by atoms with E-state index in [1.807, 2.05) is 48.5 Å². The third-order valence-corrected chi connectivity index (χ3v) is 14.6. The minimum Gasteiger partial charge on any atom is -0.336 e. The Kier molecular flexibility index (Phi) is 7.96. The topological polar surface area (TPSA) is 71.1 Å². The summed E-state index contributed by atoms with van der Waals surface area (Å²) in [4.78, 5) is 19.9. The van der Waals surface area contributed by atoms with Gasteiger partial charge in [0.1, 0.15) is 0 Å². The number of benzene rings is 8. The fraction of sp³-hybridized carbons (Fsp3) is 0.136. The molecule has 5 heteroatoms. The average Bonchev–Trinajstić information content (AvgIpc) is 3.59. The molecule has 3 aliphatic heterocycles. The minimum absolute atomic E-state index is 0.00841. The number of carbonyl (C=O) groups excluding carboxylic acids is 1. The molecule has 0 saturated carbocycles. The Morgan fingerprint density at radius 3 is 1.19 bits per heavy atom. The molecule has 0 atom stereocenters. The first-order valence-corrected chi connectivity index (χ1v) is 22.0. The Bertz CT molecular complexity index is 3200. The molecule has 5 nitrogen and oxygen atoms in total. The summed E-state index contributed by atoms with van der Waals surface area (Å²) in [6.07, 6.45) is 0. The van der Waals surface area contributed by atoms with Gasteiger partial charge in [-0.1, -0.05) is 113 Å². The highest BCUT2D eigenvalue weighted by Gasteiger charge is 2.40. The van der Waals surface area contributed by atoms with Crippen LogP contribution in [0.25, 0.3) is 44.5 Å². The van der Waals surface area contributed by atoms with Gasteiger partial charge < -0.3 is 9.80 Å². The number of ketones is 1. The van der Waals surface area contributed by atoms with E-state index in [4.69, 9.17) is 0 Å². The third kappa shape index (κ3) is 5.38. The predicted octanol–water partition coefficient (Wildman–Crippen LogP) is 13.9. The summed E-state index contributed by atoms with van der Waals surface area (Å²) in [5.41, 5.74) is 21.8. The highest BCUT2D eigenvalue weighted by atomic mass is 16.1. The Hall–Kier alpha value is -7.99. The lowest BCUT2D eigenvalue weighted by molar-refractivity contribution is 0.104. The van der Waals surface area contributed by atoms with Crippen molar-refractivity contribution in [3.8, 4) is 56.6 Å².